The van der Waals surface area contributed by atoms with E-state index in [9.17, 15) is 8.42 Å². The molecular formula is C16H19N3O2S2. The molecule has 2 aromatic rings. The molecule has 0 spiro atoms. The van der Waals surface area contributed by atoms with E-state index in [4.69, 9.17) is 0 Å². The summed E-state index contributed by atoms with van der Waals surface area (Å²) in [4.78, 5) is 4.36. The number of hydrogen-bond donors (Lipinski definition) is 0. The third-order valence-electron chi connectivity index (χ3n) is 3.74. The minimum Gasteiger partial charge on any atom is -0.260 e. The van der Waals surface area contributed by atoms with E-state index in [0.717, 1.165) is 0 Å². The predicted octanol–water partition coefficient (Wildman–Crippen LogP) is 2.55. The van der Waals surface area contributed by atoms with Crippen LogP contribution in [0.1, 0.15) is 5.56 Å². The lowest BCUT2D eigenvalue weighted by Crippen LogP contribution is -2.41. The van der Waals surface area contributed by atoms with E-state index in [0.29, 0.717) is 24.0 Å². The van der Waals surface area contributed by atoms with E-state index in [1.807, 2.05) is 18.2 Å². The van der Waals surface area contributed by atoms with Crippen molar-refractivity contribution in [2.45, 2.75) is 5.75 Å². The van der Waals surface area contributed by atoms with Crippen molar-refractivity contribution in [3.8, 4) is 0 Å². The number of benzene rings is 2. The van der Waals surface area contributed by atoms with Crippen molar-refractivity contribution < 1.29 is 8.42 Å². The van der Waals surface area contributed by atoms with Crippen LogP contribution in [0.15, 0.2) is 47.5 Å². The fourth-order valence-corrected chi connectivity index (χ4v) is 4.86. The van der Waals surface area contributed by atoms with Crippen molar-refractivity contribution in [2.24, 2.45) is 4.99 Å². The van der Waals surface area contributed by atoms with Gasteiger partial charge in [-0.1, -0.05) is 54.2 Å². The van der Waals surface area contributed by atoms with E-state index in [2.05, 4.69) is 29.3 Å². The molecule has 7 heteroatoms. The molecule has 3 rings (SSSR count). The SMILES string of the molecule is CN(C)S(=O)(=O)N1CCN=C1SCc1cccc2ccccc12. The first kappa shape index (κ1) is 16.3. The van der Waals surface area contributed by atoms with Crippen LogP contribution in [0.25, 0.3) is 10.8 Å². The highest BCUT2D eigenvalue weighted by Crippen LogP contribution is 2.26. The van der Waals surface area contributed by atoms with Crippen molar-refractivity contribution >= 4 is 37.9 Å². The summed E-state index contributed by atoms with van der Waals surface area (Å²) in [6.45, 7) is 0.934. The minimum atomic E-state index is -3.46. The molecule has 0 amide bonds. The van der Waals surface area contributed by atoms with Gasteiger partial charge in [-0.05, 0) is 16.3 Å². The zero-order valence-electron chi connectivity index (χ0n) is 13.1. The Labute approximate surface area is 141 Å². The standard InChI is InChI=1S/C16H19N3O2S2/c1-18(2)23(20,21)19-11-10-17-16(19)22-12-14-8-5-7-13-6-3-4-9-15(13)14/h3-9H,10-12H2,1-2H3. The van der Waals surface area contributed by atoms with Crippen LogP contribution in [0.3, 0.4) is 0 Å². The summed E-state index contributed by atoms with van der Waals surface area (Å²) >= 11 is 1.47. The second-order valence-electron chi connectivity index (χ2n) is 5.45. The Morgan fingerprint density at radius 2 is 1.91 bits per heavy atom. The summed E-state index contributed by atoms with van der Waals surface area (Å²) in [5, 5.41) is 2.96. The summed E-state index contributed by atoms with van der Waals surface area (Å²) in [5.74, 6) is 0.694. The zero-order valence-corrected chi connectivity index (χ0v) is 14.8. The molecule has 122 valence electrons. The fourth-order valence-electron chi connectivity index (χ4n) is 2.50. The number of hydrogen-bond acceptors (Lipinski definition) is 4. The maximum absolute atomic E-state index is 12.3. The highest BCUT2D eigenvalue weighted by atomic mass is 32.2. The summed E-state index contributed by atoms with van der Waals surface area (Å²) < 4.78 is 27.3. The van der Waals surface area contributed by atoms with Crippen LogP contribution in [0.2, 0.25) is 0 Å². The van der Waals surface area contributed by atoms with Crippen LogP contribution in [-0.2, 0) is 16.0 Å². The van der Waals surface area contributed by atoms with Crippen LogP contribution in [-0.4, -0.2) is 49.4 Å². The number of fused-ring (bicyclic) bond motifs is 1. The first-order valence-electron chi connectivity index (χ1n) is 7.34. The normalized spacial score (nSPS) is 15.4. The molecule has 0 fully saturated rings. The number of rotatable bonds is 4. The molecule has 0 unspecified atom stereocenters. The van der Waals surface area contributed by atoms with Gasteiger partial charge in [0.2, 0.25) is 0 Å². The Hall–Kier alpha value is -1.57. The van der Waals surface area contributed by atoms with E-state index in [1.54, 1.807) is 14.1 Å². The first-order valence-corrected chi connectivity index (χ1v) is 9.72. The maximum Gasteiger partial charge on any atom is 0.305 e. The van der Waals surface area contributed by atoms with Crippen molar-refractivity contribution in [3.63, 3.8) is 0 Å². The lowest BCUT2D eigenvalue weighted by Gasteiger charge is -2.23. The molecule has 1 aliphatic rings. The lowest BCUT2D eigenvalue weighted by atomic mass is 10.1. The molecule has 1 heterocycles. The van der Waals surface area contributed by atoms with Crippen molar-refractivity contribution in [2.75, 3.05) is 27.2 Å². The van der Waals surface area contributed by atoms with Gasteiger partial charge in [0.15, 0.2) is 5.17 Å². The minimum absolute atomic E-state index is 0.415. The quantitative estimate of drug-likeness (QED) is 0.852. The van der Waals surface area contributed by atoms with E-state index < -0.39 is 10.2 Å². The number of amidine groups is 1. The molecular weight excluding hydrogens is 330 g/mol. The molecule has 0 bridgehead atoms. The molecule has 0 aromatic heterocycles. The van der Waals surface area contributed by atoms with Gasteiger partial charge in [0.05, 0.1) is 13.1 Å². The van der Waals surface area contributed by atoms with Gasteiger partial charge in [0.25, 0.3) is 0 Å². The van der Waals surface area contributed by atoms with Crippen molar-refractivity contribution in [1.29, 1.82) is 0 Å². The summed E-state index contributed by atoms with van der Waals surface area (Å²) in [5.41, 5.74) is 1.19. The van der Waals surface area contributed by atoms with Gasteiger partial charge < -0.3 is 0 Å². The second-order valence-corrected chi connectivity index (χ2v) is 8.46. The van der Waals surface area contributed by atoms with Gasteiger partial charge in [-0.2, -0.15) is 12.7 Å². The third kappa shape index (κ3) is 3.22. The second kappa shape index (κ2) is 6.51. The highest BCUT2D eigenvalue weighted by molar-refractivity contribution is 8.14. The number of nitrogens with zero attached hydrogens (tertiary/aromatic N) is 3. The summed E-state index contributed by atoms with van der Waals surface area (Å²) in [7, 11) is -0.373. The molecule has 5 nitrogen and oxygen atoms in total. The topological polar surface area (TPSA) is 53.0 Å². The van der Waals surface area contributed by atoms with Crippen LogP contribution < -0.4 is 0 Å². The zero-order chi connectivity index (χ0) is 16.4. The average molecular weight is 349 g/mol. The number of aliphatic imine (C=N–C) groups is 1. The van der Waals surface area contributed by atoms with E-state index in [1.165, 1.54) is 36.7 Å². The van der Waals surface area contributed by atoms with E-state index >= 15 is 0 Å². The summed E-state index contributed by atoms with van der Waals surface area (Å²) in [6.07, 6.45) is 0. The Morgan fingerprint density at radius 1 is 1.17 bits per heavy atom. The Kier molecular flexibility index (Phi) is 4.61. The van der Waals surface area contributed by atoms with Crippen molar-refractivity contribution in [3.05, 3.63) is 48.0 Å². The molecule has 0 saturated carbocycles. The van der Waals surface area contributed by atoms with Crippen LogP contribution in [0.5, 0.6) is 0 Å². The van der Waals surface area contributed by atoms with Crippen LogP contribution in [0, 0.1) is 0 Å². The molecule has 0 N–H and O–H groups in total. The van der Waals surface area contributed by atoms with Gasteiger partial charge in [-0.3, -0.25) is 4.99 Å². The predicted molar refractivity (Wildman–Crippen MR) is 96.9 cm³/mol. The van der Waals surface area contributed by atoms with Gasteiger partial charge in [-0.15, -0.1) is 0 Å². The average Bonchev–Trinajstić information content (AvgIpc) is 3.02. The largest absolute Gasteiger partial charge is 0.305 e. The van der Waals surface area contributed by atoms with Crippen molar-refractivity contribution in [1.82, 2.24) is 8.61 Å². The van der Waals surface area contributed by atoms with Gasteiger partial charge >= 0.3 is 10.2 Å². The lowest BCUT2D eigenvalue weighted by molar-refractivity contribution is 0.468. The third-order valence-corrected chi connectivity index (χ3v) is 6.75. The van der Waals surface area contributed by atoms with E-state index in [-0.39, 0.29) is 0 Å². The number of thioether (sulfide) groups is 1. The monoisotopic (exact) mass is 349 g/mol. The smallest absolute Gasteiger partial charge is 0.260 e. The Balaban J connectivity index is 1.80. The molecule has 0 atom stereocenters. The first-order chi connectivity index (χ1) is 11.0. The van der Waals surface area contributed by atoms with Gasteiger partial charge in [0, 0.05) is 19.8 Å². The van der Waals surface area contributed by atoms with Gasteiger partial charge in [-0.25, -0.2) is 4.31 Å². The molecule has 2 aromatic carbocycles. The molecule has 0 radical (unpaired) electrons. The van der Waals surface area contributed by atoms with Crippen LogP contribution in [0.4, 0.5) is 0 Å². The van der Waals surface area contributed by atoms with Gasteiger partial charge in [0.1, 0.15) is 0 Å². The Bertz CT molecular complexity index is 842. The molecule has 0 saturated heterocycles. The summed E-state index contributed by atoms with van der Waals surface area (Å²) in [6, 6.07) is 14.4. The Morgan fingerprint density at radius 3 is 2.70 bits per heavy atom. The van der Waals surface area contributed by atoms with Crippen LogP contribution >= 0.6 is 11.8 Å². The highest BCUT2D eigenvalue weighted by Gasteiger charge is 2.30. The fraction of sp³-hybridized carbons (Fsp3) is 0.312. The molecule has 0 aliphatic carbocycles. The molecule has 23 heavy (non-hydrogen) atoms. The molecule has 1 aliphatic heterocycles. The maximum atomic E-state index is 12.3.